The van der Waals surface area contributed by atoms with Crippen molar-refractivity contribution in [1.82, 2.24) is 9.88 Å². The number of benzene rings is 1. The van der Waals surface area contributed by atoms with Gasteiger partial charge in [0, 0.05) is 35.8 Å². The number of aliphatic hydroxyl groups is 1. The van der Waals surface area contributed by atoms with Crippen LogP contribution in [0.4, 0.5) is 15.2 Å². The summed E-state index contributed by atoms with van der Waals surface area (Å²) in [4.78, 5) is 18.0. The van der Waals surface area contributed by atoms with Crippen molar-refractivity contribution in [2.24, 2.45) is 0 Å². The van der Waals surface area contributed by atoms with Crippen LogP contribution in [0, 0.1) is 0 Å². The van der Waals surface area contributed by atoms with Crippen molar-refractivity contribution in [3.05, 3.63) is 41.4 Å². The fourth-order valence-corrected chi connectivity index (χ4v) is 3.01. The summed E-state index contributed by atoms with van der Waals surface area (Å²) in [6.07, 6.45) is 1.87. The molecule has 1 aliphatic rings. The normalized spacial score (nSPS) is 21.1. The second-order valence-electron chi connectivity index (χ2n) is 5.33. The molecule has 116 valence electrons. The van der Waals surface area contributed by atoms with Gasteiger partial charge in [0.25, 0.3) is 5.91 Å². The van der Waals surface area contributed by atoms with Gasteiger partial charge in [0.2, 0.25) is 0 Å². The van der Waals surface area contributed by atoms with Gasteiger partial charge in [0.15, 0.2) is 10.8 Å². The predicted octanol–water partition coefficient (Wildman–Crippen LogP) is 2.43. The number of aromatic nitrogens is 1. The number of hydrogen-bond acceptors (Lipinski definition) is 5. The molecule has 1 fully saturated rings. The lowest BCUT2D eigenvalue weighted by Crippen LogP contribution is -2.35. The Kier molecular flexibility index (Phi) is 4.08. The first-order valence-corrected chi connectivity index (χ1v) is 7.83. The highest BCUT2D eigenvalue weighted by atomic mass is 32.1. The van der Waals surface area contributed by atoms with Crippen LogP contribution in [0.2, 0.25) is 0 Å². The summed E-state index contributed by atoms with van der Waals surface area (Å²) in [7, 11) is 0. The lowest BCUT2D eigenvalue weighted by molar-refractivity contribution is 0.0631. The molecule has 1 saturated heterocycles. The Hall–Kier alpha value is -1.99. The van der Waals surface area contributed by atoms with Gasteiger partial charge >= 0.3 is 0 Å². The molecule has 22 heavy (non-hydrogen) atoms. The minimum absolute atomic E-state index is 0.0630. The van der Waals surface area contributed by atoms with Crippen LogP contribution >= 0.6 is 11.3 Å². The molecule has 2 aromatic rings. The summed E-state index contributed by atoms with van der Waals surface area (Å²) in [5.41, 5.74) is -0.427. The number of nitrogens with one attached hydrogen (secondary N) is 1. The van der Waals surface area contributed by atoms with E-state index in [2.05, 4.69) is 10.3 Å². The second kappa shape index (κ2) is 6.02. The monoisotopic (exact) mass is 321 g/mol. The first kappa shape index (κ1) is 14.9. The van der Waals surface area contributed by atoms with Gasteiger partial charge in [-0.3, -0.25) is 4.79 Å². The molecule has 1 unspecified atom stereocenters. The number of aliphatic hydroxyl groups excluding tert-OH is 1. The lowest BCUT2D eigenvalue weighted by atomic mass is 10.1. The highest BCUT2D eigenvalue weighted by molar-refractivity contribution is 7.13. The maximum Gasteiger partial charge on any atom is 0.254 e. The molecule has 0 radical (unpaired) electrons. The van der Waals surface area contributed by atoms with E-state index in [0.717, 1.165) is 10.8 Å². The highest BCUT2D eigenvalue weighted by Crippen LogP contribution is 2.27. The van der Waals surface area contributed by atoms with Crippen LogP contribution in [0.25, 0.3) is 0 Å². The van der Waals surface area contributed by atoms with E-state index in [9.17, 15) is 9.18 Å². The van der Waals surface area contributed by atoms with E-state index in [-0.39, 0.29) is 18.9 Å². The maximum atomic E-state index is 14.0. The Morgan fingerprint density at radius 1 is 1.55 bits per heavy atom. The van der Waals surface area contributed by atoms with E-state index < -0.39 is 12.3 Å². The van der Waals surface area contributed by atoms with Crippen molar-refractivity contribution in [1.29, 1.82) is 0 Å². The zero-order valence-corrected chi connectivity index (χ0v) is 12.6. The van der Waals surface area contributed by atoms with Gasteiger partial charge in [-0.05, 0) is 18.2 Å². The number of nitrogens with zero attached hydrogens (tertiary/aromatic N) is 2. The third kappa shape index (κ3) is 3.10. The Morgan fingerprint density at radius 3 is 3.09 bits per heavy atom. The van der Waals surface area contributed by atoms with Crippen molar-refractivity contribution >= 4 is 28.1 Å². The zero-order valence-electron chi connectivity index (χ0n) is 11.8. The van der Waals surface area contributed by atoms with Crippen LogP contribution < -0.4 is 5.32 Å². The fourth-order valence-electron chi connectivity index (χ4n) is 2.46. The molecule has 0 bridgehead atoms. The Labute approximate surface area is 131 Å². The average molecular weight is 321 g/mol. The van der Waals surface area contributed by atoms with Crippen LogP contribution in [-0.2, 0) is 0 Å². The molecule has 2 heterocycles. The number of thiazole rings is 1. The minimum atomic E-state index is -1.67. The zero-order chi connectivity index (χ0) is 15.6. The summed E-state index contributed by atoms with van der Waals surface area (Å²) in [6, 6.07) is 7.04. The molecule has 1 aromatic heterocycles. The van der Waals surface area contributed by atoms with Crippen molar-refractivity contribution in [3.63, 3.8) is 0 Å². The Bertz CT molecular complexity index is 665. The smallest absolute Gasteiger partial charge is 0.254 e. The van der Waals surface area contributed by atoms with Gasteiger partial charge in [0.1, 0.15) is 0 Å². The summed E-state index contributed by atoms with van der Waals surface area (Å²) in [5, 5.41) is 14.8. The molecule has 5 nitrogen and oxygen atoms in total. The topological polar surface area (TPSA) is 65.5 Å². The second-order valence-corrected chi connectivity index (χ2v) is 6.22. The molecule has 7 heteroatoms. The van der Waals surface area contributed by atoms with Crippen molar-refractivity contribution in [2.75, 3.05) is 25.0 Å². The van der Waals surface area contributed by atoms with E-state index in [1.165, 1.54) is 16.2 Å². The molecule has 0 aliphatic carbocycles. The maximum absolute atomic E-state index is 14.0. The number of carbonyl (C=O) groups excluding carboxylic acids is 1. The lowest BCUT2D eigenvalue weighted by Gasteiger charge is -2.19. The summed E-state index contributed by atoms with van der Waals surface area (Å²) in [5.74, 6) is -0.226. The number of hydrogen-bond donors (Lipinski definition) is 2. The molecule has 1 aromatic carbocycles. The average Bonchev–Trinajstić information content (AvgIpc) is 3.17. The molecule has 0 spiro atoms. The van der Waals surface area contributed by atoms with Gasteiger partial charge in [-0.15, -0.1) is 11.3 Å². The first-order valence-electron chi connectivity index (χ1n) is 6.95. The number of carbonyl (C=O) groups is 1. The van der Waals surface area contributed by atoms with Gasteiger partial charge in [0.05, 0.1) is 13.2 Å². The van der Waals surface area contributed by atoms with Crippen LogP contribution in [-0.4, -0.2) is 46.3 Å². The first-order chi connectivity index (χ1) is 10.6. The predicted molar refractivity (Wildman–Crippen MR) is 83.3 cm³/mol. The van der Waals surface area contributed by atoms with Crippen LogP contribution in [0.15, 0.2) is 35.8 Å². The van der Waals surface area contributed by atoms with E-state index in [4.69, 9.17) is 5.11 Å². The van der Waals surface area contributed by atoms with Crippen molar-refractivity contribution < 1.29 is 14.3 Å². The molecule has 1 atom stereocenters. The van der Waals surface area contributed by atoms with Gasteiger partial charge in [-0.2, -0.15) is 0 Å². The fraction of sp³-hybridized carbons (Fsp3) is 0.333. The van der Waals surface area contributed by atoms with Crippen molar-refractivity contribution in [2.45, 2.75) is 12.1 Å². The number of alkyl halides is 1. The van der Waals surface area contributed by atoms with E-state index in [1.54, 1.807) is 24.4 Å². The number of likely N-dealkylation sites (tertiary alicyclic amines) is 1. The number of anilines is 2. The van der Waals surface area contributed by atoms with Gasteiger partial charge in [-0.1, -0.05) is 6.07 Å². The van der Waals surface area contributed by atoms with Crippen molar-refractivity contribution in [3.8, 4) is 0 Å². The van der Waals surface area contributed by atoms with Gasteiger partial charge < -0.3 is 15.3 Å². The van der Waals surface area contributed by atoms with Crippen LogP contribution in [0.5, 0.6) is 0 Å². The van der Waals surface area contributed by atoms with E-state index >= 15 is 0 Å². The molecule has 0 saturated carbocycles. The quantitative estimate of drug-likeness (QED) is 0.908. The number of rotatable bonds is 4. The molecule has 3 rings (SSSR count). The third-order valence-corrected chi connectivity index (χ3v) is 4.36. The molecule has 1 amide bonds. The number of halogens is 1. The molecular formula is C15H16FN3O2S. The third-order valence-electron chi connectivity index (χ3n) is 3.67. The highest BCUT2D eigenvalue weighted by Gasteiger charge is 2.39. The molecular weight excluding hydrogens is 305 g/mol. The largest absolute Gasteiger partial charge is 0.393 e. The Morgan fingerprint density at radius 2 is 2.41 bits per heavy atom. The molecule has 1 aliphatic heterocycles. The minimum Gasteiger partial charge on any atom is -0.393 e. The van der Waals surface area contributed by atoms with Crippen LogP contribution in [0.3, 0.4) is 0 Å². The SMILES string of the molecule is O=C(c1cccc(Nc2nccs2)c1)N1CCC(F)(CO)C1. The van der Waals surface area contributed by atoms with E-state index in [0.29, 0.717) is 12.1 Å². The summed E-state index contributed by atoms with van der Waals surface area (Å²) < 4.78 is 14.0. The summed E-state index contributed by atoms with van der Waals surface area (Å²) >= 11 is 1.47. The number of amides is 1. The van der Waals surface area contributed by atoms with Crippen LogP contribution in [0.1, 0.15) is 16.8 Å². The van der Waals surface area contributed by atoms with E-state index in [1.807, 2.05) is 11.4 Å². The standard InChI is InChI=1S/C15H16FN3O2S/c16-15(10-20)4-6-19(9-15)13(21)11-2-1-3-12(8-11)18-14-17-5-7-22-14/h1-3,5,7-8,20H,4,6,9-10H2,(H,17,18). The summed E-state index contributed by atoms with van der Waals surface area (Å²) in [6.45, 7) is -0.297. The molecule has 2 N–H and O–H groups in total. The van der Waals surface area contributed by atoms with Gasteiger partial charge in [-0.25, -0.2) is 9.37 Å². The Balaban J connectivity index is 1.73.